The molecule has 0 amide bonds. The van der Waals surface area contributed by atoms with Crippen molar-refractivity contribution in [1.29, 1.82) is 0 Å². The van der Waals surface area contributed by atoms with Gasteiger partial charge in [0.2, 0.25) is 5.89 Å². The van der Waals surface area contributed by atoms with E-state index < -0.39 is 0 Å². The number of aliphatic imine (C=N–C) groups is 1. The molecule has 6 heteroatoms. The second-order valence-corrected chi connectivity index (χ2v) is 7.79. The molecule has 1 saturated carbocycles. The molecule has 1 aliphatic rings. The molecule has 1 heterocycles. The zero-order valence-electron chi connectivity index (χ0n) is 16.0. The number of hydrogen-bond donors (Lipinski definition) is 2. The van der Waals surface area contributed by atoms with E-state index in [-0.39, 0.29) is 34.8 Å². The molecule has 3 rings (SSSR count). The van der Waals surface area contributed by atoms with E-state index in [0.717, 1.165) is 18.3 Å². The van der Waals surface area contributed by atoms with E-state index in [0.29, 0.717) is 12.4 Å². The van der Waals surface area contributed by atoms with Gasteiger partial charge in [-0.2, -0.15) is 0 Å². The zero-order valence-corrected chi connectivity index (χ0v) is 18.3. The van der Waals surface area contributed by atoms with Crippen molar-refractivity contribution in [1.82, 2.24) is 15.6 Å². The van der Waals surface area contributed by atoms with Gasteiger partial charge >= 0.3 is 0 Å². The summed E-state index contributed by atoms with van der Waals surface area (Å²) in [4.78, 5) is 8.65. The van der Waals surface area contributed by atoms with Crippen LogP contribution in [0.25, 0.3) is 0 Å². The maximum Gasteiger partial charge on any atom is 0.213 e. The van der Waals surface area contributed by atoms with Crippen molar-refractivity contribution in [3.8, 4) is 0 Å². The molecule has 0 saturated heterocycles. The van der Waals surface area contributed by atoms with Crippen molar-refractivity contribution in [2.24, 2.45) is 4.99 Å². The van der Waals surface area contributed by atoms with Gasteiger partial charge in [-0.1, -0.05) is 51.1 Å². The predicted molar refractivity (Wildman–Crippen MR) is 116 cm³/mol. The minimum absolute atomic E-state index is 0. The Balaban J connectivity index is 0.00000243. The SMILES string of the molecule is CN=C(NCc1ncc(C(C)(C)C)o1)NCC1(c2ccccc2)CC1.I. The fourth-order valence-corrected chi connectivity index (χ4v) is 2.88. The van der Waals surface area contributed by atoms with E-state index in [2.05, 4.69) is 71.7 Å². The standard InChI is InChI=1S/C20H28N4O.HI/c1-19(2,3)16-12-22-17(25-16)13-23-18(21-4)24-14-20(10-11-20)15-8-6-5-7-9-15;/h5-9,12H,10-11,13-14H2,1-4H3,(H2,21,23,24);1H. The fraction of sp³-hybridized carbons (Fsp3) is 0.500. The van der Waals surface area contributed by atoms with Crippen molar-refractivity contribution >= 4 is 29.9 Å². The summed E-state index contributed by atoms with van der Waals surface area (Å²) in [6.45, 7) is 7.75. The average molecular weight is 468 g/mol. The van der Waals surface area contributed by atoms with Crippen LogP contribution in [0.3, 0.4) is 0 Å². The molecule has 2 N–H and O–H groups in total. The molecule has 0 radical (unpaired) electrons. The quantitative estimate of drug-likeness (QED) is 0.396. The van der Waals surface area contributed by atoms with Crippen LogP contribution >= 0.6 is 24.0 Å². The van der Waals surface area contributed by atoms with E-state index in [4.69, 9.17) is 4.42 Å². The summed E-state index contributed by atoms with van der Waals surface area (Å²) >= 11 is 0. The monoisotopic (exact) mass is 468 g/mol. The summed E-state index contributed by atoms with van der Waals surface area (Å²) in [6.07, 6.45) is 4.24. The second kappa shape index (κ2) is 8.41. The molecule has 0 unspecified atom stereocenters. The van der Waals surface area contributed by atoms with Crippen LogP contribution in [0.2, 0.25) is 0 Å². The molecule has 0 aliphatic heterocycles. The van der Waals surface area contributed by atoms with E-state index in [1.165, 1.54) is 18.4 Å². The van der Waals surface area contributed by atoms with Crippen LogP contribution in [0.4, 0.5) is 0 Å². The first kappa shape index (κ1) is 20.7. The molecular formula is C20H29IN4O. The summed E-state index contributed by atoms with van der Waals surface area (Å²) in [5.41, 5.74) is 1.63. The third-order valence-corrected chi connectivity index (χ3v) is 4.76. The van der Waals surface area contributed by atoms with Crippen LogP contribution in [0.5, 0.6) is 0 Å². The van der Waals surface area contributed by atoms with Crippen molar-refractivity contribution in [3.63, 3.8) is 0 Å². The van der Waals surface area contributed by atoms with E-state index in [9.17, 15) is 0 Å². The van der Waals surface area contributed by atoms with Gasteiger partial charge in [-0.15, -0.1) is 24.0 Å². The molecule has 5 nitrogen and oxygen atoms in total. The highest BCUT2D eigenvalue weighted by Crippen LogP contribution is 2.47. The number of rotatable bonds is 5. The minimum Gasteiger partial charge on any atom is -0.443 e. The Hall–Kier alpha value is -1.57. The molecule has 0 spiro atoms. The lowest BCUT2D eigenvalue weighted by molar-refractivity contribution is 0.379. The van der Waals surface area contributed by atoms with Crippen molar-refractivity contribution in [3.05, 3.63) is 53.7 Å². The summed E-state index contributed by atoms with van der Waals surface area (Å²) in [7, 11) is 1.79. The number of halogens is 1. The molecule has 142 valence electrons. The van der Waals surface area contributed by atoms with Crippen LogP contribution in [-0.4, -0.2) is 24.5 Å². The average Bonchev–Trinajstić information content (AvgIpc) is 3.23. The summed E-state index contributed by atoms with van der Waals surface area (Å²) in [6, 6.07) is 10.7. The van der Waals surface area contributed by atoms with E-state index in [1.807, 2.05) is 6.20 Å². The Bertz CT molecular complexity index is 730. The molecule has 0 atom stereocenters. The van der Waals surface area contributed by atoms with Gasteiger partial charge in [0, 0.05) is 24.4 Å². The lowest BCUT2D eigenvalue weighted by atomic mass is 9.94. The predicted octanol–water partition coefficient (Wildman–Crippen LogP) is 3.99. The number of nitrogens with zero attached hydrogens (tertiary/aromatic N) is 2. The highest BCUT2D eigenvalue weighted by Gasteiger charge is 2.44. The first-order valence-corrected chi connectivity index (χ1v) is 8.88. The zero-order chi connectivity index (χ0) is 17.9. The van der Waals surface area contributed by atoms with Gasteiger partial charge in [0.15, 0.2) is 5.96 Å². The molecule has 1 fully saturated rings. The van der Waals surface area contributed by atoms with Gasteiger partial charge in [-0.25, -0.2) is 4.98 Å². The van der Waals surface area contributed by atoms with Gasteiger partial charge in [-0.05, 0) is 18.4 Å². The smallest absolute Gasteiger partial charge is 0.213 e. The van der Waals surface area contributed by atoms with Gasteiger partial charge in [0.05, 0.1) is 12.7 Å². The number of hydrogen-bond acceptors (Lipinski definition) is 3. The van der Waals surface area contributed by atoms with E-state index >= 15 is 0 Å². The number of guanidine groups is 1. The molecule has 1 aliphatic carbocycles. The number of oxazole rings is 1. The lowest BCUT2D eigenvalue weighted by Gasteiger charge is -2.18. The topological polar surface area (TPSA) is 62.5 Å². The van der Waals surface area contributed by atoms with Gasteiger partial charge < -0.3 is 15.1 Å². The number of nitrogens with one attached hydrogen (secondary N) is 2. The summed E-state index contributed by atoms with van der Waals surface area (Å²) in [5.74, 6) is 2.35. The van der Waals surface area contributed by atoms with Crippen molar-refractivity contribution in [2.75, 3.05) is 13.6 Å². The van der Waals surface area contributed by atoms with Gasteiger partial charge in [0.25, 0.3) is 0 Å². The van der Waals surface area contributed by atoms with Crippen molar-refractivity contribution in [2.45, 2.75) is 51.0 Å². The summed E-state index contributed by atoms with van der Waals surface area (Å²) < 4.78 is 5.81. The largest absolute Gasteiger partial charge is 0.443 e. The van der Waals surface area contributed by atoms with Crippen LogP contribution < -0.4 is 10.6 Å². The first-order valence-electron chi connectivity index (χ1n) is 8.88. The molecule has 1 aromatic heterocycles. The van der Waals surface area contributed by atoms with Crippen LogP contribution in [0, 0.1) is 0 Å². The number of benzene rings is 1. The third-order valence-electron chi connectivity index (χ3n) is 4.76. The molecule has 2 aromatic rings. The Morgan fingerprint density at radius 1 is 1.19 bits per heavy atom. The maximum absolute atomic E-state index is 5.81. The molecule has 1 aromatic carbocycles. The number of aromatic nitrogens is 1. The third kappa shape index (κ3) is 4.99. The highest BCUT2D eigenvalue weighted by atomic mass is 127. The summed E-state index contributed by atoms with van der Waals surface area (Å²) in [5, 5.41) is 6.73. The van der Waals surface area contributed by atoms with Gasteiger partial charge in [0.1, 0.15) is 5.76 Å². The molecule has 0 bridgehead atoms. The second-order valence-electron chi connectivity index (χ2n) is 7.79. The molecule has 26 heavy (non-hydrogen) atoms. The Labute approximate surface area is 173 Å². The molecular weight excluding hydrogens is 439 g/mol. The Kier molecular flexibility index (Phi) is 6.71. The van der Waals surface area contributed by atoms with Crippen molar-refractivity contribution < 1.29 is 4.42 Å². The Morgan fingerprint density at radius 3 is 2.42 bits per heavy atom. The minimum atomic E-state index is -0.0286. The maximum atomic E-state index is 5.81. The van der Waals surface area contributed by atoms with Crippen LogP contribution in [-0.2, 0) is 17.4 Å². The lowest BCUT2D eigenvalue weighted by Crippen LogP contribution is -2.40. The van der Waals surface area contributed by atoms with E-state index in [1.54, 1.807) is 7.05 Å². The highest BCUT2D eigenvalue weighted by molar-refractivity contribution is 14.0. The normalized spacial score (nSPS) is 15.9. The van der Waals surface area contributed by atoms with Crippen LogP contribution in [0.1, 0.15) is 50.8 Å². The van der Waals surface area contributed by atoms with Gasteiger partial charge in [-0.3, -0.25) is 4.99 Å². The fourth-order valence-electron chi connectivity index (χ4n) is 2.88. The first-order chi connectivity index (χ1) is 11.9. The van der Waals surface area contributed by atoms with Crippen LogP contribution in [0.15, 0.2) is 45.9 Å². The Morgan fingerprint density at radius 2 is 1.88 bits per heavy atom.